The number of nitrogens with zero attached hydrogens (tertiary/aromatic N) is 5. The monoisotopic (exact) mass is 513 g/mol. The number of hydrogen-bond acceptors (Lipinski definition) is 6. The zero-order chi connectivity index (χ0) is 24.1. The first-order valence-corrected chi connectivity index (χ1v) is 12.5. The quantitative estimate of drug-likeness (QED) is 0.379. The highest BCUT2D eigenvalue weighted by molar-refractivity contribution is 7.86. The first kappa shape index (κ1) is 24.6. The van der Waals surface area contributed by atoms with Crippen LogP contribution in [0, 0.1) is 5.82 Å². The van der Waals surface area contributed by atoms with Gasteiger partial charge in [-0.05, 0) is 69.2 Å². The van der Waals surface area contributed by atoms with E-state index in [2.05, 4.69) is 20.1 Å². The first-order valence-electron chi connectivity index (χ1n) is 10.8. The molecule has 1 aliphatic heterocycles. The van der Waals surface area contributed by atoms with Gasteiger partial charge in [-0.25, -0.2) is 8.60 Å². The number of rotatable bonds is 10. The van der Waals surface area contributed by atoms with Gasteiger partial charge in [0.1, 0.15) is 16.8 Å². The van der Waals surface area contributed by atoms with Gasteiger partial charge in [0.05, 0.1) is 28.5 Å². The molecule has 182 valence electrons. The molecule has 1 aromatic carbocycles. The average molecular weight is 514 g/mol. The Morgan fingerprint density at radius 2 is 1.97 bits per heavy atom. The molecule has 12 heteroatoms. The van der Waals surface area contributed by atoms with E-state index in [-0.39, 0.29) is 17.5 Å². The minimum atomic E-state index is -2.86. The van der Waals surface area contributed by atoms with Gasteiger partial charge < -0.3 is 9.32 Å². The van der Waals surface area contributed by atoms with Gasteiger partial charge in [-0.3, -0.25) is 9.29 Å². The molecule has 3 heterocycles. The van der Waals surface area contributed by atoms with Crippen LogP contribution >= 0.6 is 11.6 Å². The van der Waals surface area contributed by atoms with E-state index < -0.39 is 29.1 Å². The Balaban J connectivity index is 1.48. The summed E-state index contributed by atoms with van der Waals surface area (Å²) in [6, 6.07) is 7.46. The Bertz CT molecular complexity index is 1130. The van der Waals surface area contributed by atoms with Crippen molar-refractivity contribution in [3.8, 4) is 11.5 Å². The molecule has 1 atom stereocenters. The fourth-order valence-corrected chi connectivity index (χ4v) is 5.08. The molecule has 1 saturated heterocycles. The third-order valence-electron chi connectivity index (χ3n) is 5.43. The van der Waals surface area contributed by atoms with Crippen LogP contribution in [-0.4, -0.2) is 49.7 Å². The fraction of sp³-hybridized carbons (Fsp3) is 0.409. The van der Waals surface area contributed by atoms with Gasteiger partial charge in [-0.1, -0.05) is 11.6 Å². The minimum absolute atomic E-state index is 0.0638. The van der Waals surface area contributed by atoms with Crippen molar-refractivity contribution in [2.75, 3.05) is 29.7 Å². The minimum Gasteiger partial charge on any atom is -0.415 e. The predicted octanol–water partition coefficient (Wildman–Crippen LogP) is 5.02. The Morgan fingerprint density at radius 1 is 1.18 bits per heavy atom. The topological polar surface area (TPSA) is 75.4 Å². The second-order valence-electron chi connectivity index (χ2n) is 7.85. The molecule has 0 radical (unpaired) electrons. The van der Waals surface area contributed by atoms with Gasteiger partial charge >= 0.3 is 6.43 Å². The van der Waals surface area contributed by atoms with E-state index in [0.717, 1.165) is 26.1 Å². The van der Waals surface area contributed by atoms with E-state index in [1.54, 1.807) is 16.4 Å². The number of anilines is 1. The Morgan fingerprint density at radius 3 is 2.62 bits per heavy atom. The number of hydrogen-bond donors (Lipinski definition) is 0. The van der Waals surface area contributed by atoms with Crippen LogP contribution in [0.3, 0.4) is 0 Å². The average Bonchev–Trinajstić information content (AvgIpc) is 3.52. The van der Waals surface area contributed by atoms with Crippen molar-refractivity contribution >= 4 is 28.3 Å². The van der Waals surface area contributed by atoms with E-state index in [1.165, 1.54) is 37.2 Å². The molecule has 3 aromatic rings. The molecule has 1 unspecified atom stereocenters. The second kappa shape index (κ2) is 11.3. The van der Waals surface area contributed by atoms with Crippen molar-refractivity contribution in [3.05, 3.63) is 59.0 Å². The maximum absolute atomic E-state index is 13.7. The van der Waals surface area contributed by atoms with Crippen LogP contribution < -0.4 is 4.31 Å². The Labute approximate surface area is 202 Å². The van der Waals surface area contributed by atoms with E-state index in [0.29, 0.717) is 22.7 Å². The van der Waals surface area contributed by atoms with Gasteiger partial charge in [0.25, 0.3) is 5.89 Å². The van der Waals surface area contributed by atoms with Gasteiger partial charge in [0.2, 0.25) is 5.89 Å². The number of alkyl halides is 2. The summed E-state index contributed by atoms with van der Waals surface area (Å²) in [5.41, 5.74) is 1.45. The highest BCUT2D eigenvalue weighted by Gasteiger charge is 2.20. The Kier molecular flexibility index (Phi) is 8.17. The molecule has 0 saturated carbocycles. The molecular weight excluding hydrogens is 491 g/mol. The summed E-state index contributed by atoms with van der Waals surface area (Å²) >= 11 is 5.97. The van der Waals surface area contributed by atoms with E-state index in [9.17, 15) is 17.4 Å². The molecule has 0 bridgehead atoms. The third kappa shape index (κ3) is 6.13. The van der Waals surface area contributed by atoms with Crippen LogP contribution in [0.25, 0.3) is 11.5 Å². The number of likely N-dealkylation sites (tertiary alicyclic amines) is 1. The fourth-order valence-electron chi connectivity index (χ4n) is 3.68. The Hall–Kier alpha value is -2.50. The molecule has 34 heavy (non-hydrogen) atoms. The normalized spacial score (nSPS) is 15.2. The summed E-state index contributed by atoms with van der Waals surface area (Å²) < 4.78 is 58.9. The van der Waals surface area contributed by atoms with Crippen LogP contribution in [0.15, 0.2) is 40.9 Å². The standard InChI is InChI=1S/C22H23ClF3N5O2S/c23-18-12-17(6-7-19(18)24)31(34(32)11-3-10-30-8-1-2-9-30)14-16-5-4-15(13-27-16)21-28-29-22(33-21)20(25)26/h4-7,12-13,20H,1-3,8-11,14H2. The zero-order valence-corrected chi connectivity index (χ0v) is 19.7. The third-order valence-corrected chi connectivity index (χ3v) is 7.19. The zero-order valence-electron chi connectivity index (χ0n) is 18.2. The number of benzene rings is 1. The molecule has 0 aliphatic carbocycles. The van der Waals surface area contributed by atoms with Gasteiger partial charge in [0, 0.05) is 11.9 Å². The van der Waals surface area contributed by atoms with Crippen LogP contribution in [0.2, 0.25) is 5.02 Å². The molecule has 1 aliphatic rings. The van der Waals surface area contributed by atoms with Crippen molar-refractivity contribution in [3.63, 3.8) is 0 Å². The second-order valence-corrected chi connectivity index (χ2v) is 9.75. The maximum Gasteiger partial charge on any atom is 0.314 e. The van der Waals surface area contributed by atoms with Gasteiger partial charge in [-0.2, -0.15) is 8.78 Å². The first-order chi connectivity index (χ1) is 16.4. The van der Waals surface area contributed by atoms with Crippen LogP contribution in [-0.2, 0) is 17.5 Å². The highest BCUT2D eigenvalue weighted by atomic mass is 35.5. The lowest BCUT2D eigenvalue weighted by molar-refractivity contribution is 0.116. The lowest BCUT2D eigenvalue weighted by Gasteiger charge is -2.24. The summed E-state index contributed by atoms with van der Waals surface area (Å²) in [7, 11) is -1.41. The molecule has 4 rings (SSSR count). The number of aromatic nitrogens is 3. The van der Waals surface area contributed by atoms with Crippen molar-refractivity contribution in [2.45, 2.75) is 32.2 Å². The molecule has 7 nitrogen and oxygen atoms in total. The molecule has 0 spiro atoms. The summed E-state index contributed by atoms with van der Waals surface area (Å²) in [5.74, 6) is -0.956. The van der Waals surface area contributed by atoms with Crippen molar-refractivity contribution in [1.29, 1.82) is 0 Å². The largest absolute Gasteiger partial charge is 0.415 e. The van der Waals surface area contributed by atoms with E-state index >= 15 is 0 Å². The van der Waals surface area contributed by atoms with E-state index in [4.69, 9.17) is 16.0 Å². The summed E-state index contributed by atoms with van der Waals surface area (Å²) in [6.07, 6.45) is 1.71. The SMILES string of the molecule is O=S(CCCN1CCCC1)N(Cc1ccc(-c2nnc(C(F)F)o2)cn1)c1ccc(F)c(Cl)c1. The molecule has 0 amide bonds. The molecule has 1 fully saturated rings. The summed E-state index contributed by atoms with van der Waals surface area (Å²) in [5, 5.41) is 6.85. The highest BCUT2D eigenvalue weighted by Crippen LogP contribution is 2.27. The smallest absolute Gasteiger partial charge is 0.314 e. The number of pyridine rings is 1. The lowest BCUT2D eigenvalue weighted by Crippen LogP contribution is -2.29. The van der Waals surface area contributed by atoms with Crippen molar-refractivity contribution in [1.82, 2.24) is 20.1 Å². The van der Waals surface area contributed by atoms with Gasteiger partial charge in [0.15, 0.2) is 0 Å². The maximum atomic E-state index is 13.7. The lowest BCUT2D eigenvalue weighted by atomic mass is 10.2. The number of halogens is 4. The van der Waals surface area contributed by atoms with Crippen molar-refractivity contribution in [2.24, 2.45) is 0 Å². The van der Waals surface area contributed by atoms with Crippen LogP contribution in [0.5, 0.6) is 0 Å². The van der Waals surface area contributed by atoms with E-state index in [1.807, 2.05) is 0 Å². The van der Waals surface area contributed by atoms with Gasteiger partial charge in [-0.15, -0.1) is 10.2 Å². The summed E-state index contributed by atoms with van der Waals surface area (Å²) in [4.78, 5) is 6.69. The summed E-state index contributed by atoms with van der Waals surface area (Å²) in [6.45, 7) is 3.18. The molecule has 2 aromatic heterocycles. The molecule has 0 N–H and O–H groups in total. The van der Waals surface area contributed by atoms with Crippen LogP contribution in [0.4, 0.5) is 18.9 Å². The van der Waals surface area contributed by atoms with Crippen molar-refractivity contribution < 1.29 is 21.8 Å². The van der Waals surface area contributed by atoms with Crippen LogP contribution in [0.1, 0.15) is 37.3 Å². The molecular formula is C22H23ClF3N5O2S. The predicted molar refractivity (Wildman–Crippen MR) is 123 cm³/mol.